The van der Waals surface area contributed by atoms with Crippen LogP contribution in [0.25, 0.3) is 0 Å². The second kappa shape index (κ2) is 4.83. The highest BCUT2D eigenvalue weighted by Gasteiger charge is 2.35. The molecule has 1 aliphatic carbocycles. The Labute approximate surface area is 110 Å². The van der Waals surface area contributed by atoms with Gasteiger partial charge in [-0.15, -0.1) is 0 Å². The molecule has 0 aromatic heterocycles. The van der Waals surface area contributed by atoms with Crippen molar-refractivity contribution in [2.45, 2.75) is 57.4 Å². The molecule has 1 spiro atoms. The van der Waals surface area contributed by atoms with E-state index in [0.29, 0.717) is 5.54 Å². The highest BCUT2D eigenvalue weighted by molar-refractivity contribution is 5.65. The van der Waals surface area contributed by atoms with Crippen LogP contribution < -0.4 is 10.1 Å². The lowest BCUT2D eigenvalue weighted by Gasteiger charge is -2.43. The highest BCUT2D eigenvalue weighted by Crippen LogP contribution is 2.43. The zero-order chi connectivity index (χ0) is 12.4. The zero-order valence-electron chi connectivity index (χ0n) is 11.3. The molecule has 1 aromatic carbocycles. The van der Waals surface area contributed by atoms with Crippen molar-refractivity contribution in [1.29, 1.82) is 0 Å². The number of aryl methyl sites for hydroxylation is 1. The molecule has 1 heterocycles. The highest BCUT2D eigenvalue weighted by atomic mass is 16.5. The maximum atomic E-state index is 5.78. The van der Waals surface area contributed by atoms with Gasteiger partial charge in [-0.2, -0.15) is 0 Å². The fourth-order valence-electron chi connectivity index (χ4n) is 3.51. The first kappa shape index (κ1) is 11.9. The molecule has 3 rings (SSSR count). The molecule has 0 radical (unpaired) electrons. The van der Waals surface area contributed by atoms with Crippen LogP contribution in [-0.2, 0) is 6.42 Å². The van der Waals surface area contributed by atoms with Crippen LogP contribution in [0, 0.1) is 0 Å². The molecule has 0 amide bonds. The van der Waals surface area contributed by atoms with Crippen molar-refractivity contribution in [2.24, 2.45) is 0 Å². The van der Waals surface area contributed by atoms with E-state index in [9.17, 15) is 0 Å². The van der Waals surface area contributed by atoms with Gasteiger partial charge in [0.2, 0.25) is 0 Å². The van der Waals surface area contributed by atoms with E-state index >= 15 is 0 Å². The molecule has 1 aromatic rings. The fourth-order valence-corrected chi connectivity index (χ4v) is 3.51. The molecule has 1 aliphatic heterocycles. The molecule has 0 bridgehead atoms. The van der Waals surface area contributed by atoms with Gasteiger partial charge in [0.1, 0.15) is 5.75 Å². The molecule has 98 valence electrons. The third-order valence-corrected chi connectivity index (χ3v) is 4.49. The summed E-state index contributed by atoms with van der Waals surface area (Å²) in [5.74, 6) is 1.04. The molecule has 1 saturated carbocycles. The first-order chi connectivity index (χ1) is 8.83. The van der Waals surface area contributed by atoms with Gasteiger partial charge >= 0.3 is 0 Å². The summed E-state index contributed by atoms with van der Waals surface area (Å²) in [5.41, 5.74) is 3.06. The van der Waals surface area contributed by atoms with E-state index in [1.165, 1.54) is 56.2 Å². The number of rotatable bonds is 2. The largest absolute Gasteiger partial charge is 0.492 e. The number of ether oxygens (including phenoxy) is 1. The van der Waals surface area contributed by atoms with Gasteiger partial charge in [0, 0.05) is 5.54 Å². The monoisotopic (exact) mass is 245 g/mol. The summed E-state index contributed by atoms with van der Waals surface area (Å²) in [6, 6.07) is 6.45. The number of nitrogens with one attached hydrogen (secondary N) is 1. The van der Waals surface area contributed by atoms with Gasteiger partial charge in [0.05, 0.1) is 12.3 Å². The number of anilines is 1. The first-order valence-electron chi connectivity index (χ1n) is 7.36. The van der Waals surface area contributed by atoms with Gasteiger partial charge in [-0.05, 0) is 44.2 Å². The van der Waals surface area contributed by atoms with Gasteiger partial charge in [-0.25, -0.2) is 0 Å². The minimum Gasteiger partial charge on any atom is -0.492 e. The quantitative estimate of drug-likeness (QED) is 0.845. The molecule has 18 heavy (non-hydrogen) atoms. The number of benzene rings is 1. The second-order valence-corrected chi connectivity index (χ2v) is 5.69. The van der Waals surface area contributed by atoms with Crippen LogP contribution in [-0.4, -0.2) is 12.1 Å². The summed E-state index contributed by atoms with van der Waals surface area (Å²) in [5, 5.41) is 3.84. The van der Waals surface area contributed by atoms with Crippen molar-refractivity contribution in [3.05, 3.63) is 23.8 Å². The minimum absolute atomic E-state index is 0.360. The van der Waals surface area contributed by atoms with E-state index < -0.39 is 0 Å². The van der Waals surface area contributed by atoms with Crippen LogP contribution >= 0.6 is 0 Å². The molecule has 2 heteroatoms. The van der Waals surface area contributed by atoms with Crippen LogP contribution in [0.15, 0.2) is 18.2 Å². The maximum Gasteiger partial charge on any atom is 0.142 e. The van der Waals surface area contributed by atoms with Crippen LogP contribution in [0.1, 0.15) is 51.0 Å². The molecular formula is C16H23NO. The van der Waals surface area contributed by atoms with Gasteiger partial charge in [-0.1, -0.05) is 31.4 Å². The third-order valence-electron chi connectivity index (χ3n) is 4.49. The van der Waals surface area contributed by atoms with Gasteiger partial charge in [0.25, 0.3) is 0 Å². The van der Waals surface area contributed by atoms with Gasteiger partial charge in [0.15, 0.2) is 0 Å². The van der Waals surface area contributed by atoms with Crippen LogP contribution in [0.5, 0.6) is 5.75 Å². The van der Waals surface area contributed by atoms with Crippen molar-refractivity contribution >= 4 is 5.69 Å². The predicted octanol–water partition coefficient (Wildman–Crippen LogP) is 4.15. The second-order valence-electron chi connectivity index (χ2n) is 5.69. The van der Waals surface area contributed by atoms with Crippen molar-refractivity contribution in [2.75, 3.05) is 11.9 Å². The Morgan fingerprint density at radius 1 is 1.17 bits per heavy atom. The van der Waals surface area contributed by atoms with E-state index in [-0.39, 0.29) is 0 Å². The van der Waals surface area contributed by atoms with Crippen molar-refractivity contribution < 1.29 is 4.74 Å². The average Bonchev–Trinajstić information content (AvgIpc) is 2.41. The third kappa shape index (κ3) is 2.09. The summed E-state index contributed by atoms with van der Waals surface area (Å²) < 4.78 is 5.78. The Bertz CT molecular complexity index is 421. The van der Waals surface area contributed by atoms with E-state index in [1.54, 1.807) is 0 Å². The summed E-state index contributed by atoms with van der Waals surface area (Å²) in [6.07, 6.45) is 9.29. The molecule has 0 saturated heterocycles. The fraction of sp³-hybridized carbons (Fsp3) is 0.625. The standard InChI is InChI=1S/C16H23NO/c1-2-18-14-8-6-7-13-9-12-16(17-15(13)14)10-4-3-5-11-16/h6-8,17H,2-5,9-12H2,1H3. The molecule has 1 N–H and O–H groups in total. The molecule has 2 nitrogen and oxygen atoms in total. The Balaban J connectivity index is 1.90. The summed E-state index contributed by atoms with van der Waals surface area (Å²) in [4.78, 5) is 0. The van der Waals surface area contributed by atoms with E-state index in [4.69, 9.17) is 4.74 Å². The molecule has 0 atom stereocenters. The summed E-state index contributed by atoms with van der Waals surface area (Å²) >= 11 is 0. The van der Waals surface area contributed by atoms with E-state index in [2.05, 4.69) is 30.4 Å². The van der Waals surface area contributed by atoms with E-state index in [1.807, 2.05) is 0 Å². The summed E-state index contributed by atoms with van der Waals surface area (Å²) in [7, 11) is 0. The molecule has 1 fully saturated rings. The van der Waals surface area contributed by atoms with Crippen molar-refractivity contribution in [3.8, 4) is 5.75 Å². The lowest BCUT2D eigenvalue weighted by Crippen LogP contribution is -2.43. The minimum atomic E-state index is 0.360. The number of para-hydroxylation sites is 1. The van der Waals surface area contributed by atoms with Crippen LogP contribution in [0.4, 0.5) is 5.69 Å². The Morgan fingerprint density at radius 2 is 2.00 bits per heavy atom. The Hall–Kier alpha value is -1.18. The molecular weight excluding hydrogens is 222 g/mol. The Morgan fingerprint density at radius 3 is 2.78 bits per heavy atom. The average molecular weight is 245 g/mol. The Kier molecular flexibility index (Phi) is 3.19. The van der Waals surface area contributed by atoms with E-state index in [0.717, 1.165) is 12.4 Å². The van der Waals surface area contributed by atoms with Crippen LogP contribution in [0.2, 0.25) is 0 Å². The SMILES string of the molecule is CCOc1cccc2c1NC1(CCCCC1)CC2. The van der Waals surface area contributed by atoms with Gasteiger partial charge in [-0.3, -0.25) is 0 Å². The topological polar surface area (TPSA) is 21.3 Å². The van der Waals surface area contributed by atoms with Crippen LogP contribution in [0.3, 0.4) is 0 Å². The lowest BCUT2D eigenvalue weighted by molar-refractivity contribution is 0.292. The smallest absolute Gasteiger partial charge is 0.142 e. The number of fused-ring (bicyclic) bond motifs is 1. The summed E-state index contributed by atoms with van der Waals surface area (Å²) in [6.45, 7) is 2.80. The lowest BCUT2D eigenvalue weighted by atomic mass is 9.75. The zero-order valence-corrected chi connectivity index (χ0v) is 11.3. The normalized spacial score (nSPS) is 21.2. The van der Waals surface area contributed by atoms with Gasteiger partial charge < -0.3 is 10.1 Å². The molecule has 0 unspecified atom stereocenters. The predicted molar refractivity (Wildman–Crippen MR) is 75.4 cm³/mol. The maximum absolute atomic E-state index is 5.78. The van der Waals surface area contributed by atoms with Crippen molar-refractivity contribution in [3.63, 3.8) is 0 Å². The van der Waals surface area contributed by atoms with Crippen molar-refractivity contribution in [1.82, 2.24) is 0 Å². The number of hydrogen-bond acceptors (Lipinski definition) is 2. The first-order valence-corrected chi connectivity index (χ1v) is 7.36. The molecule has 2 aliphatic rings. The number of hydrogen-bond donors (Lipinski definition) is 1.